The summed E-state index contributed by atoms with van der Waals surface area (Å²) in [4.78, 5) is 26.5. The summed E-state index contributed by atoms with van der Waals surface area (Å²) in [5.74, 6) is -0.151. The van der Waals surface area contributed by atoms with Crippen molar-refractivity contribution in [3.05, 3.63) is 35.6 Å². The summed E-state index contributed by atoms with van der Waals surface area (Å²) in [5, 5.41) is 2.82. The summed E-state index contributed by atoms with van der Waals surface area (Å²) in [6.07, 6.45) is 2.96. The van der Waals surface area contributed by atoms with Crippen LogP contribution < -0.4 is 5.32 Å². The zero-order chi connectivity index (χ0) is 17.5. The number of hydrogen-bond donors (Lipinski definition) is 1. The zero-order valence-electron chi connectivity index (χ0n) is 14.6. The number of nitrogens with one attached hydrogen (secondary N) is 1. The Morgan fingerprint density at radius 1 is 1.08 bits per heavy atom. The lowest BCUT2D eigenvalue weighted by atomic mass is 9.81. The molecule has 1 N–H and O–H groups in total. The molecule has 0 aromatic heterocycles. The van der Waals surface area contributed by atoms with Gasteiger partial charge in [0, 0.05) is 37.0 Å². The monoisotopic (exact) mass is 334 g/mol. The van der Waals surface area contributed by atoms with E-state index in [1.807, 2.05) is 18.7 Å². The minimum Gasteiger partial charge on any atom is -0.352 e. The summed E-state index contributed by atoms with van der Waals surface area (Å²) in [5.41, 5.74) is 0.497. The van der Waals surface area contributed by atoms with Crippen molar-refractivity contribution in [2.45, 2.75) is 46.1 Å². The molecule has 0 aliphatic heterocycles. The maximum atomic E-state index is 13.6. The first kappa shape index (κ1) is 18.4. The second-order valence-electron chi connectivity index (χ2n) is 6.37. The van der Waals surface area contributed by atoms with Crippen LogP contribution in [0.1, 0.15) is 45.1 Å². The van der Waals surface area contributed by atoms with Crippen LogP contribution in [-0.4, -0.2) is 29.8 Å². The molecule has 24 heavy (non-hydrogen) atoms. The number of nitrogens with zero attached hydrogens (tertiary/aromatic N) is 1. The van der Waals surface area contributed by atoms with Gasteiger partial charge in [0.15, 0.2) is 0 Å². The Morgan fingerprint density at radius 2 is 1.67 bits per heavy atom. The third-order valence-electron chi connectivity index (χ3n) is 4.93. The minimum atomic E-state index is -0.300. The van der Waals surface area contributed by atoms with Gasteiger partial charge in [-0.1, -0.05) is 18.2 Å². The van der Waals surface area contributed by atoms with Crippen LogP contribution in [0.4, 0.5) is 4.39 Å². The normalized spacial score (nSPS) is 20.5. The van der Waals surface area contributed by atoms with Crippen LogP contribution in [0.15, 0.2) is 24.3 Å². The first-order chi connectivity index (χ1) is 11.6. The molecule has 5 heteroatoms. The maximum absolute atomic E-state index is 13.6. The molecule has 1 aliphatic rings. The Balaban J connectivity index is 1.80. The maximum Gasteiger partial charge on any atom is 0.225 e. The third-order valence-corrected chi connectivity index (χ3v) is 4.93. The van der Waals surface area contributed by atoms with Gasteiger partial charge in [-0.2, -0.15) is 0 Å². The summed E-state index contributed by atoms with van der Waals surface area (Å²) in [6, 6.07) is 6.46. The van der Waals surface area contributed by atoms with Crippen LogP contribution in [0, 0.1) is 17.7 Å². The van der Waals surface area contributed by atoms with Crippen molar-refractivity contribution in [2.24, 2.45) is 11.8 Å². The van der Waals surface area contributed by atoms with E-state index in [4.69, 9.17) is 0 Å². The number of hydrogen-bond acceptors (Lipinski definition) is 2. The highest BCUT2D eigenvalue weighted by atomic mass is 19.1. The Morgan fingerprint density at radius 3 is 2.25 bits per heavy atom. The number of amides is 2. The Labute approximate surface area is 143 Å². The first-order valence-corrected chi connectivity index (χ1v) is 8.86. The Hall–Kier alpha value is -1.91. The molecule has 0 atom stereocenters. The lowest BCUT2D eigenvalue weighted by Gasteiger charge is -2.30. The van der Waals surface area contributed by atoms with Gasteiger partial charge in [-0.05, 0) is 45.6 Å². The van der Waals surface area contributed by atoms with Gasteiger partial charge in [0.05, 0.1) is 0 Å². The second kappa shape index (κ2) is 8.81. The highest BCUT2D eigenvalue weighted by molar-refractivity contribution is 5.81. The lowest BCUT2D eigenvalue weighted by molar-refractivity contribution is -0.138. The summed E-state index contributed by atoms with van der Waals surface area (Å²) < 4.78 is 13.6. The van der Waals surface area contributed by atoms with Gasteiger partial charge in [0.25, 0.3) is 0 Å². The molecule has 2 rings (SSSR count). The van der Waals surface area contributed by atoms with Crippen LogP contribution in [-0.2, 0) is 16.1 Å². The van der Waals surface area contributed by atoms with Crippen LogP contribution >= 0.6 is 0 Å². The molecule has 1 saturated carbocycles. The fourth-order valence-corrected chi connectivity index (χ4v) is 3.36. The zero-order valence-corrected chi connectivity index (χ0v) is 14.6. The molecule has 1 aliphatic carbocycles. The van der Waals surface area contributed by atoms with Crippen molar-refractivity contribution in [3.63, 3.8) is 0 Å². The van der Waals surface area contributed by atoms with Crippen LogP contribution in [0.5, 0.6) is 0 Å². The van der Waals surface area contributed by atoms with Crippen molar-refractivity contribution in [1.82, 2.24) is 10.2 Å². The predicted molar refractivity (Wildman–Crippen MR) is 91.6 cm³/mol. The predicted octanol–water partition coefficient (Wildman–Crippen LogP) is 3.12. The standard InChI is InChI=1S/C19H27FN2O2/c1-3-22(4-2)19(24)15-11-9-14(10-12-15)18(23)21-13-16-7-5-6-8-17(16)20/h5-8,14-15H,3-4,9-13H2,1-2H3,(H,21,23). The molecular formula is C19H27FN2O2. The fraction of sp³-hybridized carbons (Fsp3) is 0.579. The largest absolute Gasteiger partial charge is 0.352 e. The van der Waals surface area contributed by atoms with Crippen LogP contribution in [0.3, 0.4) is 0 Å². The molecule has 0 bridgehead atoms. The van der Waals surface area contributed by atoms with E-state index in [1.165, 1.54) is 6.07 Å². The fourth-order valence-electron chi connectivity index (χ4n) is 3.36. The van der Waals surface area contributed by atoms with Crippen molar-refractivity contribution in [3.8, 4) is 0 Å². The first-order valence-electron chi connectivity index (χ1n) is 8.86. The molecule has 0 saturated heterocycles. The average Bonchev–Trinajstić information content (AvgIpc) is 2.62. The molecule has 0 radical (unpaired) electrons. The van der Waals surface area contributed by atoms with Gasteiger partial charge in [0.1, 0.15) is 5.82 Å². The average molecular weight is 334 g/mol. The molecule has 1 aromatic rings. The molecule has 4 nitrogen and oxygen atoms in total. The van der Waals surface area contributed by atoms with Gasteiger partial charge in [-0.3, -0.25) is 9.59 Å². The van der Waals surface area contributed by atoms with E-state index in [1.54, 1.807) is 18.2 Å². The van der Waals surface area contributed by atoms with E-state index >= 15 is 0 Å². The van der Waals surface area contributed by atoms with Gasteiger partial charge in [-0.25, -0.2) is 4.39 Å². The topological polar surface area (TPSA) is 49.4 Å². The summed E-state index contributed by atoms with van der Waals surface area (Å²) in [6.45, 7) is 5.66. The van der Waals surface area contributed by atoms with Crippen molar-refractivity contribution in [1.29, 1.82) is 0 Å². The number of rotatable bonds is 6. The highest BCUT2D eigenvalue weighted by Gasteiger charge is 2.31. The quantitative estimate of drug-likeness (QED) is 0.869. The number of halogens is 1. The van der Waals surface area contributed by atoms with E-state index in [2.05, 4.69) is 5.32 Å². The number of carbonyl (C=O) groups excluding carboxylic acids is 2. The van der Waals surface area contributed by atoms with Gasteiger partial charge in [-0.15, -0.1) is 0 Å². The lowest BCUT2D eigenvalue weighted by Crippen LogP contribution is -2.39. The highest BCUT2D eigenvalue weighted by Crippen LogP contribution is 2.30. The smallest absolute Gasteiger partial charge is 0.225 e. The Kier molecular flexibility index (Phi) is 6.76. The summed E-state index contributed by atoms with van der Waals surface area (Å²) >= 11 is 0. The second-order valence-corrected chi connectivity index (χ2v) is 6.37. The molecular weight excluding hydrogens is 307 g/mol. The minimum absolute atomic E-state index is 0.0352. The molecule has 132 valence electrons. The number of carbonyl (C=O) groups is 2. The van der Waals surface area contributed by atoms with Gasteiger partial charge >= 0.3 is 0 Å². The Bertz CT molecular complexity index is 564. The van der Waals surface area contributed by atoms with Crippen molar-refractivity contribution in [2.75, 3.05) is 13.1 Å². The summed E-state index contributed by atoms with van der Waals surface area (Å²) in [7, 11) is 0. The molecule has 2 amide bonds. The molecule has 0 unspecified atom stereocenters. The van der Waals surface area contributed by atoms with E-state index in [0.717, 1.165) is 38.8 Å². The van der Waals surface area contributed by atoms with E-state index in [9.17, 15) is 14.0 Å². The van der Waals surface area contributed by atoms with Crippen LogP contribution in [0.25, 0.3) is 0 Å². The van der Waals surface area contributed by atoms with Crippen molar-refractivity contribution >= 4 is 11.8 Å². The van der Waals surface area contributed by atoms with Crippen molar-refractivity contribution < 1.29 is 14.0 Å². The van der Waals surface area contributed by atoms with E-state index in [0.29, 0.717) is 5.56 Å². The molecule has 0 heterocycles. The SMILES string of the molecule is CCN(CC)C(=O)C1CCC(C(=O)NCc2ccccc2F)CC1. The van der Waals surface area contributed by atoms with E-state index in [-0.39, 0.29) is 36.0 Å². The number of benzene rings is 1. The van der Waals surface area contributed by atoms with Gasteiger partial charge in [0.2, 0.25) is 11.8 Å². The van der Waals surface area contributed by atoms with Gasteiger partial charge < -0.3 is 10.2 Å². The third kappa shape index (κ3) is 4.56. The van der Waals surface area contributed by atoms with E-state index < -0.39 is 0 Å². The molecule has 1 fully saturated rings. The van der Waals surface area contributed by atoms with Crippen LogP contribution in [0.2, 0.25) is 0 Å². The molecule has 1 aromatic carbocycles. The molecule has 0 spiro atoms.